The van der Waals surface area contributed by atoms with Gasteiger partial charge in [0.1, 0.15) is 6.61 Å². The molecule has 0 saturated heterocycles. The average molecular weight is 405 g/mol. The summed E-state index contributed by atoms with van der Waals surface area (Å²) >= 11 is 0. The van der Waals surface area contributed by atoms with Crippen molar-refractivity contribution in [1.82, 2.24) is 5.32 Å². The Morgan fingerprint density at radius 3 is 2.30 bits per heavy atom. The molecule has 0 atom stereocenters. The van der Waals surface area contributed by atoms with E-state index in [2.05, 4.69) is 10.6 Å². The van der Waals surface area contributed by atoms with Crippen molar-refractivity contribution in [2.45, 2.75) is 13.2 Å². The minimum Gasteiger partial charge on any atom is -0.493 e. The summed E-state index contributed by atoms with van der Waals surface area (Å²) in [5.41, 5.74) is 8.06. The Bertz CT molecular complexity index is 1000. The molecule has 0 fully saturated rings. The third kappa shape index (κ3) is 5.75. The molecule has 0 aromatic heterocycles. The molecule has 4 N–H and O–H groups in total. The van der Waals surface area contributed by atoms with E-state index in [1.807, 2.05) is 30.3 Å². The molecule has 7 nitrogen and oxygen atoms in total. The van der Waals surface area contributed by atoms with Gasteiger partial charge in [-0.15, -0.1) is 0 Å². The summed E-state index contributed by atoms with van der Waals surface area (Å²) in [5.74, 6) is 0.818. The Morgan fingerprint density at radius 1 is 0.900 bits per heavy atom. The molecule has 0 spiro atoms. The van der Waals surface area contributed by atoms with Crippen molar-refractivity contribution < 1.29 is 19.1 Å². The maximum absolute atomic E-state index is 12.5. The lowest BCUT2D eigenvalue weighted by Gasteiger charge is -2.12. The van der Waals surface area contributed by atoms with Crippen molar-refractivity contribution >= 4 is 17.6 Å². The number of nitrogens with two attached hydrogens (primary N) is 1. The number of nitrogens with one attached hydrogen (secondary N) is 2. The molecule has 0 saturated carbocycles. The normalized spacial score (nSPS) is 10.2. The van der Waals surface area contributed by atoms with Crippen LogP contribution in [0.25, 0.3) is 0 Å². The number of carbonyl (C=O) groups excluding carboxylic acids is 2. The minimum absolute atomic E-state index is 0.234. The fraction of sp³-hybridized carbons (Fsp3) is 0.130. The molecule has 0 unspecified atom stereocenters. The lowest BCUT2D eigenvalue weighted by atomic mass is 10.1. The summed E-state index contributed by atoms with van der Waals surface area (Å²) in [5, 5.41) is 5.34. The lowest BCUT2D eigenvalue weighted by Crippen LogP contribution is -2.23. The van der Waals surface area contributed by atoms with Crippen LogP contribution in [0.4, 0.5) is 10.5 Å². The van der Waals surface area contributed by atoms with Crippen molar-refractivity contribution in [3.05, 3.63) is 89.5 Å². The fourth-order valence-corrected chi connectivity index (χ4v) is 2.80. The average Bonchev–Trinajstić information content (AvgIpc) is 2.77. The van der Waals surface area contributed by atoms with Gasteiger partial charge in [0, 0.05) is 17.8 Å². The summed E-state index contributed by atoms with van der Waals surface area (Å²) in [6.07, 6.45) is 0. The lowest BCUT2D eigenvalue weighted by molar-refractivity contribution is 0.0950. The van der Waals surface area contributed by atoms with Crippen LogP contribution in [-0.4, -0.2) is 19.0 Å². The quantitative estimate of drug-likeness (QED) is 0.532. The monoisotopic (exact) mass is 405 g/mol. The standard InChI is InChI=1S/C23H23N3O4/c1-29-21-13-18(9-12-20(21)30-15-17-5-3-2-4-6-17)22(27)25-14-16-7-10-19(11-8-16)26-23(24)28/h2-13H,14-15H2,1H3,(H,25,27)(H3,24,26,28). The zero-order chi connectivity index (χ0) is 21.3. The van der Waals surface area contributed by atoms with Gasteiger partial charge in [-0.05, 0) is 41.5 Å². The zero-order valence-corrected chi connectivity index (χ0v) is 16.6. The highest BCUT2D eigenvalue weighted by molar-refractivity contribution is 5.94. The minimum atomic E-state index is -0.624. The maximum Gasteiger partial charge on any atom is 0.316 e. The number of rotatable bonds is 8. The highest BCUT2D eigenvalue weighted by Gasteiger charge is 2.11. The summed E-state index contributed by atoms with van der Waals surface area (Å²) in [7, 11) is 1.54. The van der Waals surface area contributed by atoms with E-state index in [0.29, 0.717) is 35.9 Å². The SMILES string of the molecule is COc1cc(C(=O)NCc2ccc(NC(N)=O)cc2)ccc1OCc1ccccc1. The van der Waals surface area contributed by atoms with Gasteiger partial charge in [-0.25, -0.2) is 4.79 Å². The number of primary amides is 1. The number of carbonyl (C=O) groups is 2. The molecule has 3 amide bonds. The number of amides is 3. The first-order valence-electron chi connectivity index (χ1n) is 9.33. The van der Waals surface area contributed by atoms with Gasteiger partial charge in [0.25, 0.3) is 5.91 Å². The van der Waals surface area contributed by atoms with Gasteiger partial charge < -0.3 is 25.8 Å². The summed E-state index contributed by atoms with van der Waals surface area (Å²) in [6, 6.07) is 21.3. The maximum atomic E-state index is 12.5. The van der Waals surface area contributed by atoms with E-state index in [1.54, 1.807) is 42.5 Å². The third-order valence-electron chi connectivity index (χ3n) is 4.34. The van der Waals surface area contributed by atoms with E-state index in [1.165, 1.54) is 7.11 Å². The molecule has 0 aliphatic heterocycles. The van der Waals surface area contributed by atoms with Gasteiger partial charge in [-0.3, -0.25) is 4.79 Å². The van der Waals surface area contributed by atoms with E-state index in [-0.39, 0.29) is 5.91 Å². The number of methoxy groups -OCH3 is 1. The third-order valence-corrected chi connectivity index (χ3v) is 4.34. The van der Waals surface area contributed by atoms with Crippen LogP contribution in [0.1, 0.15) is 21.5 Å². The van der Waals surface area contributed by atoms with Crippen LogP contribution in [0.2, 0.25) is 0 Å². The smallest absolute Gasteiger partial charge is 0.316 e. The predicted molar refractivity (Wildman–Crippen MR) is 115 cm³/mol. The van der Waals surface area contributed by atoms with Gasteiger partial charge in [-0.1, -0.05) is 42.5 Å². The van der Waals surface area contributed by atoms with Crippen LogP contribution >= 0.6 is 0 Å². The van der Waals surface area contributed by atoms with Crippen LogP contribution in [0, 0.1) is 0 Å². The topological polar surface area (TPSA) is 103 Å². The molecule has 154 valence electrons. The molecule has 7 heteroatoms. The Labute approximate surface area is 174 Å². The highest BCUT2D eigenvalue weighted by atomic mass is 16.5. The summed E-state index contributed by atoms with van der Waals surface area (Å²) in [4.78, 5) is 23.4. The van der Waals surface area contributed by atoms with Crippen LogP contribution < -0.4 is 25.8 Å². The number of ether oxygens (including phenoxy) is 2. The molecule has 0 aliphatic carbocycles. The first-order chi connectivity index (χ1) is 14.5. The fourth-order valence-electron chi connectivity index (χ4n) is 2.80. The second-order valence-corrected chi connectivity index (χ2v) is 6.51. The zero-order valence-electron chi connectivity index (χ0n) is 16.6. The Balaban J connectivity index is 1.59. The van der Waals surface area contributed by atoms with Gasteiger partial charge >= 0.3 is 6.03 Å². The van der Waals surface area contributed by atoms with E-state index in [4.69, 9.17) is 15.2 Å². The van der Waals surface area contributed by atoms with E-state index >= 15 is 0 Å². The number of hydrogen-bond donors (Lipinski definition) is 3. The number of benzene rings is 3. The van der Waals surface area contributed by atoms with Crippen molar-refractivity contribution in [2.24, 2.45) is 5.73 Å². The Kier molecular flexibility index (Phi) is 6.89. The number of hydrogen-bond acceptors (Lipinski definition) is 4. The molecule has 3 aromatic rings. The van der Waals surface area contributed by atoms with E-state index in [9.17, 15) is 9.59 Å². The summed E-state index contributed by atoms with van der Waals surface area (Å²) < 4.78 is 11.2. The Morgan fingerprint density at radius 2 is 1.63 bits per heavy atom. The molecule has 3 aromatic carbocycles. The second-order valence-electron chi connectivity index (χ2n) is 6.51. The van der Waals surface area contributed by atoms with E-state index < -0.39 is 6.03 Å². The van der Waals surface area contributed by atoms with Crippen LogP contribution in [-0.2, 0) is 13.2 Å². The molecule has 0 bridgehead atoms. The van der Waals surface area contributed by atoms with Crippen LogP contribution in [0.15, 0.2) is 72.8 Å². The first-order valence-corrected chi connectivity index (χ1v) is 9.33. The number of urea groups is 1. The molecule has 3 rings (SSSR count). The van der Waals surface area contributed by atoms with Gasteiger partial charge in [0.05, 0.1) is 7.11 Å². The number of anilines is 1. The van der Waals surface area contributed by atoms with Crippen LogP contribution in [0.5, 0.6) is 11.5 Å². The van der Waals surface area contributed by atoms with Crippen molar-refractivity contribution in [3.63, 3.8) is 0 Å². The largest absolute Gasteiger partial charge is 0.493 e. The van der Waals surface area contributed by atoms with E-state index in [0.717, 1.165) is 11.1 Å². The molecular formula is C23H23N3O4. The predicted octanol–water partition coefficient (Wildman–Crippen LogP) is 3.69. The van der Waals surface area contributed by atoms with Gasteiger partial charge in [0.15, 0.2) is 11.5 Å². The highest BCUT2D eigenvalue weighted by Crippen LogP contribution is 2.29. The van der Waals surface area contributed by atoms with Crippen molar-refractivity contribution in [2.75, 3.05) is 12.4 Å². The molecule has 0 aliphatic rings. The Hall–Kier alpha value is -4.00. The molecule has 30 heavy (non-hydrogen) atoms. The van der Waals surface area contributed by atoms with Crippen LogP contribution in [0.3, 0.4) is 0 Å². The molecule has 0 radical (unpaired) electrons. The van der Waals surface area contributed by atoms with Crippen molar-refractivity contribution in [1.29, 1.82) is 0 Å². The van der Waals surface area contributed by atoms with Gasteiger partial charge in [-0.2, -0.15) is 0 Å². The molecular weight excluding hydrogens is 382 g/mol. The second kappa shape index (κ2) is 9.97. The van der Waals surface area contributed by atoms with Gasteiger partial charge in [0.2, 0.25) is 0 Å². The first kappa shape index (κ1) is 20.7. The summed E-state index contributed by atoms with van der Waals surface area (Å²) in [6.45, 7) is 0.744. The molecule has 0 heterocycles. The van der Waals surface area contributed by atoms with Crippen molar-refractivity contribution in [3.8, 4) is 11.5 Å².